The summed E-state index contributed by atoms with van der Waals surface area (Å²) in [6.07, 6.45) is 2.09. The third-order valence-electron chi connectivity index (χ3n) is 3.13. The van der Waals surface area contributed by atoms with Crippen molar-refractivity contribution in [2.75, 3.05) is 20.8 Å². The van der Waals surface area contributed by atoms with E-state index in [4.69, 9.17) is 4.74 Å². The summed E-state index contributed by atoms with van der Waals surface area (Å²) in [5.41, 5.74) is 1.52. The van der Waals surface area contributed by atoms with Crippen molar-refractivity contribution >= 4 is 16.6 Å². The standard InChI is InChI=1S/C13H16N4O3/c1-14-9(7-20-2)5-13-11-6-10(17(18)19)3-4-12(11)15-8-16-13/h3-4,6,8-9,14H,5,7H2,1-2H3. The Morgan fingerprint density at radius 1 is 1.45 bits per heavy atom. The molecule has 1 aromatic carbocycles. The molecule has 7 nitrogen and oxygen atoms in total. The minimum absolute atomic E-state index is 0.0429. The quantitative estimate of drug-likeness (QED) is 0.632. The SMILES string of the molecule is CNC(COC)Cc1ncnc2ccc([N+](=O)[O-])cc12. The molecule has 1 heterocycles. The predicted octanol–water partition coefficient (Wildman–Crippen LogP) is 1.31. The van der Waals surface area contributed by atoms with Crippen LogP contribution in [0.2, 0.25) is 0 Å². The molecule has 1 N–H and O–H groups in total. The molecule has 0 saturated heterocycles. The fraction of sp³-hybridized carbons (Fsp3) is 0.385. The molecule has 0 radical (unpaired) electrons. The summed E-state index contributed by atoms with van der Waals surface area (Å²) >= 11 is 0. The molecule has 20 heavy (non-hydrogen) atoms. The molecule has 2 aromatic rings. The first-order valence-electron chi connectivity index (χ1n) is 6.20. The lowest BCUT2D eigenvalue weighted by Gasteiger charge is -2.15. The summed E-state index contributed by atoms with van der Waals surface area (Å²) in [7, 11) is 3.47. The molecular formula is C13H16N4O3. The Balaban J connectivity index is 2.41. The molecule has 0 bridgehead atoms. The highest BCUT2D eigenvalue weighted by Crippen LogP contribution is 2.22. The topological polar surface area (TPSA) is 90.2 Å². The molecule has 1 aromatic heterocycles. The Morgan fingerprint density at radius 2 is 2.25 bits per heavy atom. The maximum absolute atomic E-state index is 10.9. The van der Waals surface area contributed by atoms with E-state index in [1.54, 1.807) is 13.2 Å². The van der Waals surface area contributed by atoms with Crippen molar-refractivity contribution in [2.24, 2.45) is 0 Å². The summed E-state index contributed by atoms with van der Waals surface area (Å²) in [5.74, 6) is 0. The van der Waals surface area contributed by atoms with E-state index in [1.165, 1.54) is 18.5 Å². The zero-order chi connectivity index (χ0) is 14.5. The number of non-ortho nitro benzene ring substituents is 1. The monoisotopic (exact) mass is 276 g/mol. The van der Waals surface area contributed by atoms with Gasteiger partial charge in [-0.2, -0.15) is 0 Å². The number of hydrogen-bond donors (Lipinski definition) is 1. The number of nitro benzene ring substituents is 1. The molecule has 0 amide bonds. The number of fused-ring (bicyclic) bond motifs is 1. The van der Waals surface area contributed by atoms with Crippen molar-refractivity contribution in [3.63, 3.8) is 0 Å². The first kappa shape index (κ1) is 14.3. The van der Waals surface area contributed by atoms with E-state index in [-0.39, 0.29) is 11.7 Å². The fourth-order valence-corrected chi connectivity index (χ4v) is 2.05. The van der Waals surface area contributed by atoms with E-state index < -0.39 is 4.92 Å². The molecule has 1 unspecified atom stereocenters. The van der Waals surface area contributed by atoms with Crippen LogP contribution in [0.15, 0.2) is 24.5 Å². The van der Waals surface area contributed by atoms with E-state index in [9.17, 15) is 10.1 Å². The van der Waals surface area contributed by atoms with Gasteiger partial charge in [0.2, 0.25) is 0 Å². The zero-order valence-corrected chi connectivity index (χ0v) is 11.4. The average molecular weight is 276 g/mol. The summed E-state index contributed by atoms with van der Waals surface area (Å²) in [4.78, 5) is 18.8. The number of nitrogens with one attached hydrogen (secondary N) is 1. The lowest BCUT2D eigenvalue weighted by Crippen LogP contribution is -2.32. The van der Waals surface area contributed by atoms with Crippen LogP contribution in [0.25, 0.3) is 10.9 Å². The van der Waals surface area contributed by atoms with Gasteiger partial charge in [-0.1, -0.05) is 0 Å². The van der Waals surface area contributed by atoms with Gasteiger partial charge in [0.05, 0.1) is 22.7 Å². The van der Waals surface area contributed by atoms with Crippen molar-refractivity contribution in [2.45, 2.75) is 12.5 Å². The number of methoxy groups -OCH3 is 1. The normalized spacial score (nSPS) is 12.5. The lowest BCUT2D eigenvalue weighted by atomic mass is 10.1. The van der Waals surface area contributed by atoms with Gasteiger partial charge < -0.3 is 10.1 Å². The third kappa shape index (κ3) is 3.06. The number of ether oxygens (including phenoxy) is 1. The number of aromatic nitrogens is 2. The van der Waals surface area contributed by atoms with Crippen LogP contribution in [-0.4, -0.2) is 41.7 Å². The summed E-state index contributed by atoms with van der Waals surface area (Å²) in [5, 5.41) is 14.7. The maximum Gasteiger partial charge on any atom is 0.270 e. The average Bonchev–Trinajstić information content (AvgIpc) is 2.46. The van der Waals surface area contributed by atoms with Gasteiger partial charge in [-0.05, 0) is 13.1 Å². The van der Waals surface area contributed by atoms with Crippen molar-refractivity contribution in [3.8, 4) is 0 Å². The first-order chi connectivity index (χ1) is 9.65. The molecule has 0 saturated carbocycles. The second kappa shape index (κ2) is 6.36. The number of benzene rings is 1. The smallest absolute Gasteiger partial charge is 0.270 e. The van der Waals surface area contributed by atoms with E-state index in [0.29, 0.717) is 23.9 Å². The molecular weight excluding hydrogens is 260 g/mol. The molecule has 0 spiro atoms. The van der Waals surface area contributed by atoms with Crippen LogP contribution in [0.3, 0.4) is 0 Å². The van der Waals surface area contributed by atoms with Gasteiger partial charge in [-0.25, -0.2) is 9.97 Å². The highest BCUT2D eigenvalue weighted by atomic mass is 16.6. The van der Waals surface area contributed by atoms with Crippen LogP contribution in [0, 0.1) is 10.1 Å². The molecule has 2 rings (SSSR count). The van der Waals surface area contributed by atoms with Gasteiger partial charge in [0.25, 0.3) is 5.69 Å². The number of likely N-dealkylation sites (N-methyl/N-ethyl adjacent to an activating group) is 1. The molecule has 7 heteroatoms. The van der Waals surface area contributed by atoms with Gasteiger partial charge in [-0.15, -0.1) is 0 Å². The largest absolute Gasteiger partial charge is 0.383 e. The second-order valence-corrected chi connectivity index (χ2v) is 4.42. The van der Waals surface area contributed by atoms with Crippen LogP contribution in [0.4, 0.5) is 5.69 Å². The van der Waals surface area contributed by atoms with Crippen molar-refractivity contribution < 1.29 is 9.66 Å². The van der Waals surface area contributed by atoms with Crippen LogP contribution in [0.1, 0.15) is 5.69 Å². The number of nitrogens with zero attached hydrogens (tertiary/aromatic N) is 3. The van der Waals surface area contributed by atoms with Gasteiger partial charge in [0.15, 0.2) is 0 Å². The Hall–Kier alpha value is -2.12. The molecule has 0 aliphatic rings. The van der Waals surface area contributed by atoms with E-state index in [0.717, 1.165) is 5.69 Å². The van der Waals surface area contributed by atoms with Gasteiger partial charge >= 0.3 is 0 Å². The molecule has 1 atom stereocenters. The van der Waals surface area contributed by atoms with E-state index >= 15 is 0 Å². The Bertz CT molecular complexity index is 618. The Labute approximate surface area is 116 Å². The zero-order valence-electron chi connectivity index (χ0n) is 11.4. The highest BCUT2D eigenvalue weighted by Gasteiger charge is 2.14. The maximum atomic E-state index is 10.9. The highest BCUT2D eigenvalue weighted by molar-refractivity contribution is 5.83. The molecule has 0 fully saturated rings. The van der Waals surface area contributed by atoms with Crippen molar-refractivity contribution in [3.05, 3.63) is 40.3 Å². The van der Waals surface area contributed by atoms with E-state index in [1.807, 2.05) is 7.05 Å². The number of hydrogen-bond acceptors (Lipinski definition) is 6. The number of nitro groups is 1. The van der Waals surface area contributed by atoms with Gasteiger partial charge in [0, 0.05) is 37.1 Å². The van der Waals surface area contributed by atoms with Gasteiger partial charge in [-0.3, -0.25) is 10.1 Å². The van der Waals surface area contributed by atoms with Crippen molar-refractivity contribution in [1.82, 2.24) is 15.3 Å². The Morgan fingerprint density at radius 3 is 2.90 bits per heavy atom. The Kier molecular flexibility index (Phi) is 4.54. The molecule has 106 valence electrons. The predicted molar refractivity (Wildman–Crippen MR) is 74.6 cm³/mol. The molecule has 0 aliphatic carbocycles. The minimum Gasteiger partial charge on any atom is -0.383 e. The third-order valence-corrected chi connectivity index (χ3v) is 3.13. The van der Waals surface area contributed by atoms with Gasteiger partial charge in [0.1, 0.15) is 6.33 Å². The van der Waals surface area contributed by atoms with Crippen LogP contribution in [0.5, 0.6) is 0 Å². The lowest BCUT2D eigenvalue weighted by molar-refractivity contribution is -0.384. The minimum atomic E-state index is -0.416. The molecule has 0 aliphatic heterocycles. The summed E-state index contributed by atoms with van der Waals surface area (Å²) in [6, 6.07) is 4.70. The second-order valence-electron chi connectivity index (χ2n) is 4.42. The van der Waals surface area contributed by atoms with Crippen molar-refractivity contribution in [1.29, 1.82) is 0 Å². The first-order valence-corrected chi connectivity index (χ1v) is 6.20. The number of rotatable bonds is 6. The van der Waals surface area contributed by atoms with Crippen LogP contribution >= 0.6 is 0 Å². The van der Waals surface area contributed by atoms with E-state index in [2.05, 4.69) is 15.3 Å². The summed E-state index contributed by atoms with van der Waals surface area (Å²) < 4.78 is 5.13. The van der Waals surface area contributed by atoms with Crippen LogP contribution < -0.4 is 5.32 Å². The summed E-state index contributed by atoms with van der Waals surface area (Å²) in [6.45, 7) is 0.539. The van der Waals surface area contributed by atoms with Crippen LogP contribution in [-0.2, 0) is 11.2 Å². The fourth-order valence-electron chi connectivity index (χ4n) is 2.05.